The van der Waals surface area contributed by atoms with Crippen LogP contribution in [0.5, 0.6) is 0 Å². The fraction of sp³-hybridized carbons (Fsp3) is 0.964. The molecule has 0 aromatic carbocycles. The molecular formula is C28H48O6. The highest BCUT2D eigenvalue weighted by Gasteiger charge is 2.65. The summed E-state index contributed by atoms with van der Waals surface area (Å²) in [6.45, 7) is 9.01. The Morgan fingerprint density at radius 1 is 1.03 bits per heavy atom. The molecule has 34 heavy (non-hydrogen) atoms. The van der Waals surface area contributed by atoms with E-state index in [1.807, 2.05) is 6.92 Å². The summed E-state index contributed by atoms with van der Waals surface area (Å²) in [5.41, 5.74) is -0.133. The van der Waals surface area contributed by atoms with Crippen LogP contribution in [-0.4, -0.2) is 59.4 Å². The Morgan fingerprint density at radius 3 is 2.47 bits per heavy atom. The maximum absolute atomic E-state index is 12.3. The van der Waals surface area contributed by atoms with Gasteiger partial charge in [0.05, 0.1) is 24.4 Å². The van der Waals surface area contributed by atoms with Gasteiger partial charge in [-0.1, -0.05) is 20.8 Å². The number of rotatable bonds is 7. The van der Waals surface area contributed by atoms with Gasteiger partial charge in [0.25, 0.3) is 0 Å². The molecule has 0 aromatic rings. The summed E-state index contributed by atoms with van der Waals surface area (Å²) < 4.78 is 10.5. The molecular weight excluding hydrogens is 432 g/mol. The number of aliphatic hydroxyl groups is 3. The monoisotopic (exact) mass is 480 g/mol. The lowest BCUT2D eigenvalue weighted by Crippen LogP contribution is -2.62. The highest BCUT2D eigenvalue weighted by atomic mass is 16.6. The van der Waals surface area contributed by atoms with E-state index in [4.69, 9.17) is 9.47 Å². The SMILES string of the molecule is COC(C)COC(=O)CCC(C)C1CCC2C3C(O)CC4CC(O)CCC4(C)C3CC(O)C12C. The number of methoxy groups -OCH3 is 1. The van der Waals surface area contributed by atoms with Crippen LogP contribution in [0.2, 0.25) is 0 Å². The van der Waals surface area contributed by atoms with E-state index in [0.717, 1.165) is 51.4 Å². The van der Waals surface area contributed by atoms with E-state index in [0.29, 0.717) is 36.0 Å². The minimum absolute atomic E-state index is 0.0955. The van der Waals surface area contributed by atoms with Crippen LogP contribution in [0.4, 0.5) is 0 Å². The quantitative estimate of drug-likeness (QED) is 0.478. The largest absolute Gasteiger partial charge is 0.463 e. The number of ether oxygens (including phenoxy) is 2. The van der Waals surface area contributed by atoms with Gasteiger partial charge in [-0.3, -0.25) is 4.79 Å². The van der Waals surface area contributed by atoms with Gasteiger partial charge >= 0.3 is 5.97 Å². The van der Waals surface area contributed by atoms with Crippen LogP contribution in [0.1, 0.15) is 85.5 Å². The minimum atomic E-state index is -0.391. The lowest BCUT2D eigenvalue weighted by Gasteiger charge is -2.63. The summed E-state index contributed by atoms with van der Waals surface area (Å²) >= 11 is 0. The normalized spacial score (nSPS) is 47.8. The average molecular weight is 481 g/mol. The number of fused-ring (bicyclic) bond motifs is 5. The summed E-state index contributed by atoms with van der Waals surface area (Å²) in [5.74, 6) is 1.65. The van der Waals surface area contributed by atoms with Crippen LogP contribution >= 0.6 is 0 Å². The Bertz CT molecular complexity index is 728. The molecule has 0 heterocycles. The molecule has 12 unspecified atom stereocenters. The number of hydrogen-bond acceptors (Lipinski definition) is 6. The molecule has 0 bridgehead atoms. The summed E-state index contributed by atoms with van der Waals surface area (Å²) in [4.78, 5) is 12.3. The fourth-order valence-corrected chi connectivity index (χ4v) is 9.03. The third kappa shape index (κ3) is 4.46. The second kappa shape index (κ2) is 9.99. The molecule has 0 radical (unpaired) electrons. The van der Waals surface area contributed by atoms with Crippen molar-refractivity contribution in [3.63, 3.8) is 0 Å². The van der Waals surface area contributed by atoms with Gasteiger partial charge < -0.3 is 24.8 Å². The van der Waals surface area contributed by atoms with Crippen molar-refractivity contribution in [2.24, 2.45) is 46.3 Å². The minimum Gasteiger partial charge on any atom is -0.463 e. The van der Waals surface area contributed by atoms with E-state index < -0.39 is 6.10 Å². The molecule has 4 saturated carbocycles. The third-order valence-electron chi connectivity index (χ3n) is 11.2. The Kier molecular flexibility index (Phi) is 7.75. The number of hydrogen-bond donors (Lipinski definition) is 3. The second-order valence-electron chi connectivity index (χ2n) is 12.8. The van der Waals surface area contributed by atoms with Gasteiger partial charge in [-0.2, -0.15) is 0 Å². The molecule has 0 aliphatic heterocycles. The fourth-order valence-electron chi connectivity index (χ4n) is 9.03. The van der Waals surface area contributed by atoms with Crippen molar-refractivity contribution in [2.45, 2.75) is 110 Å². The molecule has 4 aliphatic rings. The Morgan fingerprint density at radius 2 is 1.76 bits per heavy atom. The van der Waals surface area contributed by atoms with Crippen LogP contribution in [-0.2, 0) is 14.3 Å². The maximum atomic E-state index is 12.3. The summed E-state index contributed by atoms with van der Waals surface area (Å²) in [5, 5.41) is 33.3. The van der Waals surface area contributed by atoms with Gasteiger partial charge in [-0.15, -0.1) is 0 Å². The van der Waals surface area contributed by atoms with Crippen molar-refractivity contribution in [3.8, 4) is 0 Å². The van der Waals surface area contributed by atoms with Gasteiger partial charge in [0, 0.05) is 13.5 Å². The van der Waals surface area contributed by atoms with Crippen LogP contribution < -0.4 is 0 Å². The first-order valence-electron chi connectivity index (χ1n) is 13.7. The lowest BCUT2D eigenvalue weighted by atomic mass is 9.43. The van der Waals surface area contributed by atoms with E-state index in [1.165, 1.54) is 0 Å². The average Bonchev–Trinajstić information content (AvgIpc) is 3.16. The van der Waals surface area contributed by atoms with Crippen LogP contribution in [0.25, 0.3) is 0 Å². The number of esters is 1. The van der Waals surface area contributed by atoms with Gasteiger partial charge in [0.1, 0.15) is 6.61 Å². The predicted octanol–water partition coefficient (Wildman–Crippen LogP) is 3.94. The highest BCUT2D eigenvalue weighted by molar-refractivity contribution is 5.69. The molecule has 12 atom stereocenters. The molecule has 4 aliphatic carbocycles. The zero-order valence-corrected chi connectivity index (χ0v) is 21.9. The summed E-state index contributed by atoms with van der Waals surface area (Å²) in [6.07, 6.45) is 6.29. The van der Waals surface area contributed by atoms with Crippen molar-refractivity contribution in [3.05, 3.63) is 0 Å². The Hall–Kier alpha value is -0.690. The third-order valence-corrected chi connectivity index (χ3v) is 11.2. The molecule has 196 valence electrons. The summed E-state index contributed by atoms with van der Waals surface area (Å²) in [6, 6.07) is 0. The molecule has 0 aromatic heterocycles. The van der Waals surface area contributed by atoms with Crippen LogP contribution in [0.3, 0.4) is 0 Å². The van der Waals surface area contributed by atoms with Crippen molar-refractivity contribution in [1.82, 2.24) is 0 Å². The van der Waals surface area contributed by atoms with Gasteiger partial charge in [-0.25, -0.2) is 0 Å². The zero-order chi connectivity index (χ0) is 24.8. The van der Waals surface area contributed by atoms with Crippen LogP contribution in [0, 0.1) is 46.3 Å². The standard InChI is InChI=1S/C28H48O6/c1-16(6-9-25(32)34-15-17(2)33-5)20-7-8-21-26-22(14-24(31)28(20,21)4)27(3)11-10-19(29)12-18(27)13-23(26)30/h16-24,26,29-31H,6-15H2,1-5H3. The molecule has 0 saturated heterocycles. The molecule has 4 rings (SSSR count). The van der Waals surface area contributed by atoms with E-state index in [-0.39, 0.29) is 47.6 Å². The topological polar surface area (TPSA) is 96.2 Å². The van der Waals surface area contributed by atoms with E-state index in [1.54, 1.807) is 7.11 Å². The first-order valence-corrected chi connectivity index (χ1v) is 13.7. The molecule has 4 fully saturated rings. The van der Waals surface area contributed by atoms with E-state index in [9.17, 15) is 20.1 Å². The number of carbonyl (C=O) groups is 1. The Labute approximate surface area is 205 Å². The summed E-state index contributed by atoms with van der Waals surface area (Å²) in [7, 11) is 1.61. The number of aliphatic hydroxyl groups excluding tert-OH is 3. The molecule has 6 nitrogen and oxygen atoms in total. The number of carbonyl (C=O) groups excluding carboxylic acids is 1. The van der Waals surface area contributed by atoms with Crippen molar-refractivity contribution in [1.29, 1.82) is 0 Å². The van der Waals surface area contributed by atoms with Crippen LogP contribution in [0.15, 0.2) is 0 Å². The second-order valence-corrected chi connectivity index (χ2v) is 12.8. The predicted molar refractivity (Wildman–Crippen MR) is 130 cm³/mol. The van der Waals surface area contributed by atoms with Gasteiger partial charge in [-0.05, 0) is 105 Å². The smallest absolute Gasteiger partial charge is 0.305 e. The molecule has 6 heteroatoms. The van der Waals surface area contributed by atoms with Crippen molar-refractivity contribution in [2.75, 3.05) is 13.7 Å². The lowest BCUT2D eigenvalue weighted by molar-refractivity contribution is -0.207. The van der Waals surface area contributed by atoms with Gasteiger partial charge in [0.2, 0.25) is 0 Å². The highest BCUT2D eigenvalue weighted by Crippen LogP contribution is 2.68. The Balaban J connectivity index is 1.45. The van der Waals surface area contributed by atoms with Crippen molar-refractivity contribution < 1.29 is 29.6 Å². The molecule has 0 spiro atoms. The van der Waals surface area contributed by atoms with Crippen molar-refractivity contribution >= 4 is 5.97 Å². The molecule has 3 N–H and O–H groups in total. The molecule has 0 amide bonds. The first kappa shape index (κ1) is 26.4. The maximum Gasteiger partial charge on any atom is 0.305 e. The van der Waals surface area contributed by atoms with E-state index >= 15 is 0 Å². The first-order chi connectivity index (χ1) is 16.0. The van der Waals surface area contributed by atoms with E-state index in [2.05, 4.69) is 20.8 Å². The zero-order valence-electron chi connectivity index (χ0n) is 21.9. The van der Waals surface area contributed by atoms with Gasteiger partial charge in [0.15, 0.2) is 0 Å².